The van der Waals surface area contributed by atoms with Crippen molar-refractivity contribution in [1.82, 2.24) is 15.1 Å². The molecule has 0 bridgehead atoms. The van der Waals surface area contributed by atoms with Gasteiger partial charge in [0.1, 0.15) is 0 Å². The van der Waals surface area contributed by atoms with Gasteiger partial charge >= 0.3 is 0 Å². The fraction of sp³-hybridized carbons (Fsp3) is 0.611. The Morgan fingerprint density at radius 3 is 2.52 bits per heavy atom. The number of carbonyl (C=O) groups is 1. The Balaban J connectivity index is 1.71. The molecule has 1 saturated heterocycles. The highest BCUT2D eigenvalue weighted by Crippen LogP contribution is 2.15. The fourth-order valence-corrected chi connectivity index (χ4v) is 3.42. The van der Waals surface area contributed by atoms with Crippen molar-refractivity contribution in [2.75, 3.05) is 39.5 Å². The van der Waals surface area contributed by atoms with Gasteiger partial charge in [-0.15, -0.1) is 11.8 Å². The second kappa shape index (κ2) is 9.30. The van der Waals surface area contributed by atoms with Crippen molar-refractivity contribution >= 4 is 17.7 Å². The molecular formula is C18H29N3OS. The Morgan fingerprint density at radius 2 is 1.96 bits per heavy atom. The fourth-order valence-electron chi connectivity index (χ4n) is 3.01. The molecule has 1 aromatic rings. The lowest BCUT2D eigenvalue weighted by Gasteiger charge is -2.31. The van der Waals surface area contributed by atoms with E-state index in [-0.39, 0.29) is 5.91 Å². The predicted molar refractivity (Wildman–Crippen MR) is 97.8 cm³/mol. The van der Waals surface area contributed by atoms with E-state index in [0.717, 1.165) is 39.0 Å². The maximum Gasteiger partial charge on any atom is 0.234 e. The van der Waals surface area contributed by atoms with Crippen LogP contribution in [0.1, 0.15) is 25.3 Å². The van der Waals surface area contributed by atoms with Gasteiger partial charge in [0.05, 0.1) is 6.54 Å². The van der Waals surface area contributed by atoms with Crippen molar-refractivity contribution in [3.05, 3.63) is 29.8 Å². The van der Waals surface area contributed by atoms with Crippen LogP contribution in [-0.2, 0) is 11.3 Å². The third-order valence-corrected chi connectivity index (χ3v) is 5.17. The Bertz CT molecular complexity index is 484. The molecule has 1 N–H and O–H groups in total. The van der Waals surface area contributed by atoms with Crippen molar-refractivity contribution in [2.45, 2.75) is 37.2 Å². The number of thioether (sulfide) groups is 1. The maximum absolute atomic E-state index is 12.2. The molecule has 0 aliphatic carbocycles. The first-order valence-corrected chi connectivity index (χ1v) is 9.66. The van der Waals surface area contributed by atoms with Crippen LogP contribution in [0, 0.1) is 0 Å². The van der Waals surface area contributed by atoms with Gasteiger partial charge in [-0.25, -0.2) is 0 Å². The van der Waals surface area contributed by atoms with Crippen LogP contribution in [0.4, 0.5) is 0 Å². The van der Waals surface area contributed by atoms with Gasteiger partial charge in [-0.3, -0.25) is 9.69 Å². The molecule has 1 heterocycles. The zero-order valence-corrected chi connectivity index (χ0v) is 15.4. The van der Waals surface area contributed by atoms with Crippen LogP contribution < -0.4 is 5.32 Å². The standard InChI is InChI=1S/C18H29N3OS/c1-4-21-11-9-16(10-12-21)19-18(22)14-20(2)13-15-5-7-17(23-3)8-6-15/h5-8,16H,4,9-14H2,1-3H3,(H,19,22). The van der Waals surface area contributed by atoms with E-state index >= 15 is 0 Å². The number of piperidine rings is 1. The van der Waals surface area contributed by atoms with Crippen LogP contribution in [-0.4, -0.2) is 61.2 Å². The Labute approximate surface area is 144 Å². The molecule has 1 fully saturated rings. The molecule has 0 unspecified atom stereocenters. The molecule has 2 rings (SSSR count). The molecule has 1 aliphatic heterocycles. The topological polar surface area (TPSA) is 35.6 Å². The van der Waals surface area contributed by atoms with Crippen LogP contribution in [0.15, 0.2) is 29.2 Å². The summed E-state index contributed by atoms with van der Waals surface area (Å²) in [4.78, 5) is 18.0. The van der Waals surface area contributed by atoms with Crippen molar-refractivity contribution < 1.29 is 4.79 Å². The minimum Gasteiger partial charge on any atom is -0.352 e. The van der Waals surface area contributed by atoms with Crippen molar-refractivity contribution in [3.63, 3.8) is 0 Å². The van der Waals surface area contributed by atoms with E-state index in [1.165, 1.54) is 10.5 Å². The molecule has 128 valence electrons. The van der Waals surface area contributed by atoms with E-state index in [2.05, 4.69) is 52.6 Å². The number of nitrogens with zero attached hydrogens (tertiary/aromatic N) is 2. The number of nitrogens with one attached hydrogen (secondary N) is 1. The van der Waals surface area contributed by atoms with Crippen LogP contribution in [0.5, 0.6) is 0 Å². The molecule has 23 heavy (non-hydrogen) atoms. The highest BCUT2D eigenvalue weighted by Gasteiger charge is 2.20. The first kappa shape index (κ1) is 18.3. The first-order valence-electron chi connectivity index (χ1n) is 8.44. The van der Waals surface area contributed by atoms with E-state index < -0.39 is 0 Å². The number of benzene rings is 1. The van der Waals surface area contributed by atoms with Crippen LogP contribution in [0.25, 0.3) is 0 Å². The summed E-state index contributed by atoms with van der Waals surface area (Å²) in [6, 6.07) is 8.89. The van der Waals surface area contributed by atoms with E-state index in [1.807, 2.05) is 7.05 Å². The van der Waals surface area contributed by atoms with Crippen molar-refractivity contribution in [1.29, 1.82) is 0 Å². The molecule has 0 saturated carbocycles. The molecule has 0 atom stereocenters. The number of likely N-dealkylation sites (N-methyl/N-ethyl adjacent to an activating group) is 1. The van der Waals surface area contributed by atoms with Gasteiger partial charge < -0.3 is 10.2 Å². The highest BCUT2D eigenvalue weighted by atomic mass is 32.2. The molecular weight excluding hydrogens is 306 g/mol. The van der Waals surface area contributed by atoms with E-state index in [0.29, 0.717) is 12.6 Å². The van der Waals surface area contributed by atoms with Gasteiger partial charge in [0.25, 0.3) is 0 Å². The van der Waals surface area contributed by atoms with Gasteiger partial charge in [-0.2, -0.15) is 0 Å². The summed E-state index contributed by atoms with van der Waals surface area (Å²) in [6.07, 6.45) is 4.22. The summed E-state index contributed by atoms with van der Waals surface area (Å²) < 4.78 is 0. The Morgan fingerprint density at radius 1 is 1.30 bits per heavy atom. The minimum absolute atomic E-state index is 0.142. The van der Waals surface area contributed by atoms with E-state index in [9.17, 15) is 4.79 Å². The third kappa shape index (κ3) is 6.16. The number of likely N-dealkylation sites (tertiary alicyclic amines) is 1. The number of hydrogen-bond donors (Lipinski definition) is 1. The minimum atomic E-state index is 0.142. The molecule has 1 aliphatic rings. The third-order valence-electron chi connectivity index (χ3n) is 4.42. The van der Waals surface area contributed by atoms with Crippen molar-refractivity contribution in [3.8, 4) is 0 Å². The Hall–Kier alpha value is -1.04. The lowest BCUT2D eigenvalue weighted by Crippen LogP contribution is -2.46. The van der Waals surface area contributed by atoms with Crippen LogP contribution in [0.3, 0.4) is 0 Å². The smallest absolute Gasteiger partial charge is 0.234 e. The van der Waals surface area contributed by atoms with E-state index in [4.69, 9.17) is 0 Å². The van der Waals surface area contributed by atoms with Crippen LogP contribution >= 0.6 is 11.8 Å². The number of hydrogen-bond acceptors (Lipinski definition) is 4. The van der Waals surface area contributed by atoms with Gasteiger partial charge in [0.2, 0.25) is 5.91 Å². The first-order chi connectivity index (χ1) is 11.1. The molecule has 1 amide bonds. The summed E-state index contributed by atoms with van der Waals surface area (Å²) in [6.45, 7) is 6.76. The van der Waals surface area contributed by atoms with Gasteiger partial charge in [0, 0.05) is 30.6 Å². The van der Waals surface area contributed by atoms with Gasteiger partial charge in [0.15, 0.2) is 0 Å². The number of amides is 1. The quantitative estimate of drug-likeness (QED) is 0.777. The lowest BCUT2D eigenvalue weighted by molar-refractivity contribution is -0.123. The monoisotopic (exact) mass is 335 g/mol. The molecule has 0 spiro atoms. The van der Waals surface area contributed by atoms with Gasteiger partial charge in [-0.1, -0.05) is 19.1 Å². The van der Waals surface area contributed by atoms with Crippen LogP contribution in [0.2, 0.25) is 0 Å². The Kier molecular flexibility index (Phi) is 7.40. The van der Waals surface area contributed by atoms with Gasteiger partial charge in [-0.05, 0) is 50.4 Å². The molecule has 1 aromatic carbocycles. The summed E-state index contributed by atoms with van der Waals surface area (Å²) in [5.74, 6) is 0.142. The second-order valence-corrected chi connectivity index (χ2v) is 7.18. The average molecular weight is 336 g/mol. The molecule has 5 heteroatoms. The maximum atomic E-state index is 12.2. The zero-order chi connectivity index (χ0) is 16.7. The van der Waals surface area contributed by atoms with Crippen molar-refractivity contribution in [2.24, 2.45) is 0 Å². The predicted octanol–water partition coefficient (Wildman–Crippen LogP) is 2.44. The summed E-state index contributed by atoms with van der Waals surface area (Å²) in [5.41, 5.74) is 1.24. The molecule has 4 nitrogen and oxygen atoms in total. The molecule has 0 radical (unpaired) electrons. The summed E-state index contributed by atoms with van der Waals surface area (Å²) >= 11 is 1.75. The normalized spacial score (nSPS) is 16.7. The largest absolute Gasteiger partial charge is 0.352 e. The zero-order valence-electron chi connectivity index (χ0n) is 14.5. The second-order valence-electron chi connectivity index (χ2n) is 6.30. The lowest BCUT2D eigenvalue weighted by atomic mass is 10.1. The van der Waals surface area contributed by atoms with E-state index in [1.54, 1.807) is 11.8 Å². The highest BCUT2D eigenvalue weighted by molar-refractivity contribution is 7.98. The molecule has 0 aromatic heterocycles. The summed E-state index contributed by atoms with van der Waals surface area (Å²) in [5, 5.41) is 3.19. The average Bonchev–Trinajstić information content (AvgIpc) is 2.56. The SMILES string of the molecule is CCN1CCC(NC(=O)CN(C)Cc2ccc(SC)cc2)CC1. The summed E-state index contributed by atoms with van der Waals surface area (Å²) in [7, 11) is 2.00. The number of carbonyl (C=O) groups excluding carboxylic acids is 1. The number of rotatable bonds is 7.